The molecule has 0 bridgehead atoms. The number of benzene rings is 3. The molecule has 0 saturated carbocycles. The number of carbonyl (C=O) groups is 2. The van der Waals surface area contributed by atoms with Gasteiger partial charge in [-0.15, -0.1) is 0 Å². The number of ketones is 1. The van der Waals surface area contributed by atoms with Gasteiger partial charge in [0.1, 0.15) is 11.5 Å². The minimum absolute atomic E-state index is 0.0783. The van der Waals surface area contributed by atoms with Crippen LogP contribution in [0.25, 0.3) is 5.76 Å². The topological polar surface area (TPSA) is 73.3 Å². The van der Waals surface area contributed by atoms with Crippen LogP contribution in [0.1, 0.15) is 36.6 Å². The maximum absolute atomic E-state index is 13.5. The van der Waals surface area contributed by atoms with Crippen molar-refractivity contribution in [3.05, 3.63) is 95.1 Å². The smallest absolute Gasteiger partial charge is 0.300 e. The second kappa shape index (κ2) is 11.6. The van der Waals surface area contributed by atoms with Gasteiger partial charge in [0.15, 0.2) is 0 Å². The van der Waals surface area contributed by atoms with Gasteiger partial charge in [0.05, 0.1) is 18.2 Å². The summed E-state index contributed by atoms with van der Waals surface area (Å²) in [6, 6.07) is 21.7. The summed E-state index contributed by atoms with van der Waals surface area (Å²) in [4.78, 5) is 33.2. The fourth-order valence-corrected chi connectivity index (χ4v) is 5.27. The molecule has 1 unspecified atom stereocenters. The monoisotopic (exact) mass is 539 g/mol. The predicted molar refractivity (Wildman–Crippen MR) is 159 cm³/mol. The molecule has 2 saturated heterocycles. The van der Waals surface area contributed by atoms with E-state index in [1.54, 1.807) is 24.3 Å². The summed E-state index contributed by atoms with van der Waals surface area (Å²) >= 11 is 0. The molecule has 2 fully saturated rings. The molecule has 0 aliphatic carbocycles. The minimum atomic E-state index is -0.758. The molecule has 0 spiro atoms. The first kappa shape index (κ1) is 27.5. The van der Waals surface area contributed by atoms with E-state index >= 15 is 0 Å². The maximum atomic E-state index is 13.5. The number of aliphatic hydroxyl groups is 1. The van der Waals surface area contributed by atoms with E-state index in [1.165, 1.54) is 4.90 Å². The Bertz CT molecular complexity index is 1400. The third kappa shape index (κ3) is 5.61. The molecule has 7 heteroatoms. The summed E-state index contributed by atoms with van der Waals surface area (Å²) in [7, 11) is 2.12. The van der Waals surface area contributed by atoms with Gasteiger partial charge in [-0.1, -0.05) is 43.7 Å². The van der Waals surface area contributed by atoms with Crippen molar-refractivity contribution < 1.29 is 19.4 Å². The fourth-order valence-electron chi connectivity index (χ4n) is 5.27. The number of hydrogen-bond donors (Lipinski definition) is 1. The Morgan fingerprint density at radius 2 is 1.57 bits per heavy atom. The van der Waals surface area contributed by atoms with Crippen LogP contribution in [0.15, 0.2) is 78.4 Å². The first-order valence-corrected chi connectivity index (χ1v) is 13.9. The molecule has 1 N–H and O–H groups in total. The van der Waals surface area contributed by atoms with Crippen molar-refractivity contribution >= 4 is 28.8 Å². The number of amides is 1. The lowest BCUT2D eigenvalue weighted by Gasteiger charge is -2.34. The summed E-state index contributed by atoms with van der Waals surface area (Å²) in [6.45, 7) is 10.6. The van der Waals surface area contributed by atoms with E-state index in [2.05, 4.69) is 30.7 Å². The molecule has 208 valence electrons. The predicted octanol–water partition coefficient (Wildman–Crippen LogP) is 5.41. The number of aryl methyl sites for hydroxylation is 1. The fraction of sp³-hybridized carbons (Fsp3) is 0.333. The standard InChI is InChI=1S/C33H37N3O4/c1-22(2)21-40-28-14-8-24(9-15-28)31(37)29-30(25-7-5-6-23(3)20-25)36(33(39)32(29)38)27-12-10-26(11-13-27)35-18-16-34(4)17-19-35/h5-15,20,22,30,37H,16-19,21H2,1-4H3/b31-29+. The van der Waals surface area contributed by atoms with Gasteiger partial charge in [-0.25, -0.2) is 0 Å². The number of anilines is 2. The maximum Gasteiger partial charge on any atom is 0.300 e. The molecule has 2 heterocycles. The molecule has 40 heavy (non-hydrogen) atoms. The highest BCUT2D eigenvalue weighted by molar-refractivity contribution is 6.51. The highest BCUT2D eigenvalue weighted by Gasteiger charge is 2.47. The van der Waals surface area contributed by atoms with Gasteiger partial charge in [-0.2, -0.15) is 0 Å². The Balaban J connectivity index is 1.52. The number of nitrogens with zero attached hydrogens (tertiary/aromatic N) is 3. The van der Waals surface area contributed by atoms with Crippen LogP contribution in [0.4, 0.5) is 11.4 Å². The molecule has 5 rings (SSSR count). The lowest BCUT2D eigenvalue weighted by molar-refractivity contribution is -0.132. The second-order valence-corrected chi connectivity index (χ2v) is 11.1. The summed E-state index contributed by atoms with van der Waals surface area (Å²) in [5, 5.41) is 11.4. The SMILES string of the molecule is Cc1cccc(C2/C(=C(\O)c3ccc(OCC(C)C)cc3)C(=O)C(=O)N2c2ccc(N3CCN(C)CC3)cc2)c1. The van der Waals surface area contributed by atoms with E-state index in [0.717, 1.165) is 43.0 Å². The second-order valence-electron chi connectivity index (χ2n) is 11.1. The lowest BCUT2D eigenvalue weighted by Crippen LogP contribution is -2.44. The summed E-state index contributed by atoms with van der Waals surface area (Å²) in [6.07, 6.45) is 0. The zero-order chi connectivity index (χ0) is 28.4. The summed E-state index contributed by atoms with van der Waals surface area (Å²) in [5.74, 6) is -0.489. The van der Waals surface area contributed by atoms with Crippen molar-refractivity contribution in [1.82, 2.24) is 4.90 Å². The van der Waals surface area contributed by atoms with E-state index in [9.17, 15) is 14.7 Å². The van der Waals surface area contributed by atoms with Gasteiger partial charge in [-0.3, -0.25) is 14.5 Å². The third-order valence-electron chi connectivity index (χ3n) is 7.51. The van der Waals surface area contributed by atoms with Crippen LogP contribution < -0.4 is 14.5 Å². The molecule has 1 amide bonds. The van der Waals surface area contributed by atoms with Crippen molar-refractivity contribution in [3.8, 4) is 5.75 Å². The van der Waals surface area contributed by atoms with E-state index < -0.39 is 17.7 Å². The lowest BCUT2D eigenvalue weighted by atomic mass is 9.94. The van der Waals surface area contributed by atoms with Gasteiger partial charge < -0.3 is 19.6 Å². The minimum Gasteiger partial charge on any atom is -0.507 e. The molecule has 1 atom stereocenters. The quantitative estimate of drug-likeness (QED) is 0.246. The average Bonchev–Trinajstić information content (AvgIpc) is 3.22. The molecule has 0 radical (unpaired) electrons. The Kier molecular flexibility index (Phi) is 7.94. The highest BCUT2D eigenvalue weighted by atomic mass is 16.5. The van der Waals surface area contributed by atoms with E-state index in [4.69, 9.17) is 4.74 Å². The zero-order valence-electron chi connectivity index (χ0n) is 23.6. The van der Waals surface area contributed by atoms with E-state index in [-0.39, 0.29) is 11.3 Å². The normalized spacial score (nSPS) is 19.5. The van der Waals surface area contributed by atoms with Gasteiger partial charge in [0.25, 0.3) is 11.7 Å². The molecular formula is C33H37N3O4. The van der Waals surface area contributed by atoms with E-state index in [1.807, 2.05) is 55.5 Å². The average molecular weight is 540 g/mol. The largest absolute Gasteiger partial charge is 0.507 e. The number of piperazine rings is 1. The Morgan fingerprint density at radius 3 is 2.20 bits per heavy atom. The molecular weight excluding hydrogens is 502 g/mol. The van der Waals surface area contributed by atoms with Crippen LogP contribution in [0, 0.1) is 12.8 Å². The first-order chi connectivity index (χ1) is 19.2. The number of likely N-dealkylation sites (N-methyl/N-ethyl adjacent to an activating group) is 1. The number of Topliss-reactive ketones (excluding diaryl/α,β-unsaturated/α-hetero) is 1. The van der Waals surface area contributed by atoms with Gasteiger partial charge in [0, 0.05) is 43.1 Å². The van der Waals surface area contributed by atoms with Crippen molar-refractivity contribution in [2.75, 3.05) is 49.6 Å². The molecule has 2 aliphatic rings. The molecule has 7 nitrogen and oxygen atoms in total. The number of hydrogen-bond acceptors (Lipinski definition) is 6. The van der Waals surface area contributed by atoms with Crippen LogP contribution in [0.3, 0.4) is 0 Å². The summed E-state index contributed by atoms with van der Waals surface area (Å²) in [5.41, 5.74) is 4.00. The number of aliphatic hydroxyl groups excluding tert-OH is 1. The third-order valence-corrected chi connectivity index (χ3v) is 7.51. The van der Waals surface area contributed by atoms with Crippen LogP contribution in [0.2, 0.25) is 0 Å². The van der Waals surface area contributed by atoms with E-state index in [0.29, 0.717) is 29.5 Å². The Hall–Kier alpha value is -4.10. The molecule has 0 aromatic heterocycles. The van der Waals surface area contributed by atoms with Gasteiger partial charge in [-0.05, 0) is 74.0 Å². The van der Waals surface area contributed by atoms with Crippen molar-refractivity contribution in [2.45, 2.75) is 26.8 Å². The zero-order valence-corrected chi connectivity index (χ0v) is 23.6. The molecule has 3 aromatic rings. The van der Waals surface area contributed by atoms with Crippen LogP contribution in [0.5, 0.6) is 5.75 Å². The van der Waals surface area contributed by atoms with Crippen LogP contribution in [-0.2, 0) is 9.59 Å². The van der Waals surface area contributed by atoms with Crippen LogP contribution in [-0.4, -0.2) is 61.5 Å². The number of rotatable bonds is 7. The number of carbonyl (C=O) groups excluding carboxylic acids is 2. The molecule has 3 aromatic carbocycles. The van der Waals surface area contributed by atoms with Crippen molar-refractivity contribution in [2.24, 2.45) is 5.92 Å². The number of ether oxygens (including phenoxy) is 1. The van der Waals surface area contributed by atoms with Crippen molar-refractivity contribution in [3.63, 3.8) is 0 Å². The van der Waals surface area contributed by atoms with Gasteiger partial charge >= 0.3 is 0 Å². The van der Waals surface area contributed by atoms with Gasteiger partial charge in [0.2, 0.25) is 0 Å². The Morgan fingerprint density at radius 1 is 0.925 bits per heavy atom. The first-order valence-electron chi connectivity index (χ1n) is 13.9. The van der Waals surface area contributed by atoms with Crippen molar-refractivity contribution in [1.29, 1.82) is 0 Å². The Labute approximate surface area is 236 Å². The highest BCUT2D eigenvalue weighted by Crippen LogP contribution is 2.42. The van der Waals surface area contributed by atoms with Crippen LogP contribution >= 0.6 is 0 Å². The summed E-state index contributed by atoms with van der Waals surface area (Å²) < 4.78 is 5.77. The molecule has 2 aliphatic heterocycles.